The van der Waals surface area contributed by atoms with Crippen molar-refractivity contribution in [3.63, 3.8) is 0 Å². The number of benzene rings is 2. The summed E-state index contributed by atoms with van der Waals surface area (Å²) >= 11 is 0. The Balaban J connectivity index is 1.41. The summed E-state index contributed by atoms with van der Waals surface area (Å²) in [6, 6.07) is 21.0. The number of aromatic nitrogens is 2. The molecule has 136 valence electrons. The van der Waals surface area contributed by atoms with Crippen LogP contribution in [0.2, 0.25) is 0 Å². The molecule has 3 aromatic rings. The fraction of sp³-hybridized carbons (Fsp3) is 0.190. The average molecular weight is 360 g/mol. The van der Waals surface area contributed by atoms with Gasteiger partial charge < -0.3 is 15.4 Å². The fourth-order valence-electron chi connectivity index (χ4n) is 2.79. The zero-order chi connectivity index (χ0) is 18.5. The highest BCUT2D eigenvalue weighted by molar-refractivity contribution is 5.95. The summed E-state index contributed by atoms with van der Waals surface area (Å²) in [7, 11) is 0. The summed E-state index contributed by atoms with van der Waals surface area (Å²) < 4.78 is 5.12. The van der Waals surface area contributed by atoms with E-state index in [9.17, 15) is 4.79 Å². The molecule has 0 aliphatic carbocycles. The third-order valence-electron chi connectivity index (χ3n) is 4.39. The van der Waals surface area contributed by atoms with Crippen molar-refractivity contribution in [1.29, 1.82) is 0 Å². The molecule has 0 saturated carbocycles. The molecule has 1 aliphatic heterocycles. The van der Waals surface area contributed by atoms with Crippen LogP contribution in [0.4, 0.5) is 11.5 Å². The largest absolute Gasteiger partial charge is 0.381 e. The van der Waals surface area contributed by atoms with Gasteiger partial charge in [-0.25, -0.2) is 0 Å². The molecule has 2 aromatic carbocycles. The molecular weight excluding hydrogens is 340 g/mol. The molecule has 6 heteroatoms. The van der Waals surface area contributed by atoms with Gasteiger partial charge in [0.05, 0.1) is 18.9 Å². The summed E-state index contributed by atoms with van der Waals surface area (Å²) in [5.74, 6) is 0.962. The first kappa shape index (κ1) is 17.2. The standard InChI is InChI=1S/C21H20N4O2/c26-21(22-12-15-13-27-14-15)17-7-4-8-18(11-17)23-20-10-9-19(24-25-20)16-5-2-1-3-6-16/h1-11,15H,12-14H2,(H,22,26)(H,23,25). The second-order valence-corrected chi connectivity index (χ2v) is 6.49. The van der Waals surface area contributed by atoms with Gasteiger partial charge in [-0.2, -0.15) is 0 Å². The van der Waals surface area contributed by atoms with Gasteiger partial charge in [-0.1, -0.05) is 36.4 Å². The quantitative estimate of drug-likeness (QED) is 0.706. The van der Waals surface area contributed by atoms with E-state index >= 15 is 0 Å². The van der Waals surface area contributed by atoms with E-state index < -0.39 is 0 Å². The molecule has 0 atom stereocenters. The van der Waals surface area contributed by atoms with Gasteiger partial charge in [0.1, 0.15) is 0 Å². The third kappa shape index (κ3) is 4.30. The van der Waals surface area contributed by atoms with E-state index in [2.05, 4.69) is 20.8 Å². The van der Waals surface area contributed by atoms with Crippen LogP contribution in [0.5, 0.6) is 0 Å². The Labute approximate surface area is 157 Å². The summed E-state index contributed by atoms with van der Waals surface area (Å²) in [5.41, 5.74) is 3.23. The first-order chi connectivity index (χ1) is 13.3. The number of ether oxygens (including phenoxy) is 1. The molecule has 0 bridgehead atoms. The lowest BCUT2D eigenvalue weighted by atomic mass is 10.1. The lowest BCUT2D eigenvalue weighted by Crippen LogP contribution is -2.39. The first-order valence-corrected chi connectivity index (χ1v) is 8.90. The van der Waals surface area contributed by atoms with Gasteiger partial charge in [0.15, 0.2) is 5.82 Å². The minimum atomic E-state index is -0.0870. The maximum absolute atomic E-state index is 12.3. The topological polar surface area (TPSA) is 76.1 Å². The summed E-state index contributed by atoms with van der Waals surface area (Å²) in [5, 5.41) is 14.6. The van der Waals surface area contributed by atoms with Crippen LogP contribution in [-0.2, 0) is 4.74 Å². The molecule has 0 spiro atoms. The van der Waals surface area contributed by atoms with Gasteiger partial charge in [-0.15, -0.1) is 10.2 Å². The smallest absolute Gasteiger partial charge is 0.251 e. The highest BCUT2D eigenvalue weighted by Crippen LogP contribution is 2.19. The van der Waals surface area contributed by atoms with E-state index in [1.807, 2.05) is 54.6 Å². The SMILES string of the molecule is O=C(NCC1COC1)c1cccc(Nc2ccc(-c3ccccc3)nn2)c1. The molecule has 4 rings (SSSR count). The lowest BCUT2D eigenvalue weighted by Gasteiger charge is -2.25. The number of rotatable bonds is 6. The summed E-state index contributed by atoms with van der Waals surface area (Å²) in [6.45, 7) is 2.09. The van der Waals surface area contributed by atoms with Gasteiger partial charge in [-0.05, 0) is 30.3 Å². The molecule has 6 nitrogen and oxygen atoms in total. The third-order valence-corrected chi connectivity index (χ3v) is 4.39. The number of nitrogens with one attached hydrogen (secondary N) is 2. The number of nitrogens with zero attached hydrogens (tertiary/aromatic N) is 2. The van der Waals surface area contributed by atoms with Gasteiger partial charge in [0.25, 0.3) is 5.91 Å². The van der Waals surface area contributed by atoms with Crippen LogP contribution < -0.4 is 10.6 Å². The molecule has 0 radical (unpaired) electrons. The van der Waals surface area contributed by atoms with Crippen LogP contribution in [-0.4, -0.2) is 35.9 Å². The maximum Gasteiger partial charge on any atom is 0.251 e. The number of hydrogen-bond acceptors (Lipinski definition) is 5. The Hall–Kier alpha value is -3.25. The van der Waals surface area contributed by atoms with Crippen LogP contribution in [0, 0.1) is 5.92 Å². The summed E-state index contributed by atoms with van der Waals surface area (Å²) in [4.78, 5) is 12.3. The second-order valence-electron chi connectivity index (χ2n) is 6.49. The minimum Gasteiger partial charge on any atom is -0.381 e. The zero-order valence-corrected chi connectivity index (χ0v) is 14.8. The first-order valence-electron chi connectivity index (χ1n) is 8.90. The summed E-state index contributed by atoms with van der Waals surface area (Å²) in [6.07, 6.45) is 0. The van der Waals surface area contributed by atoms with Gasteiger partial charge in [-0.3, -0.25) is 4.79 Å². The van der Waals surface area contributed by atoms with Crippen molar-refractivity contribution >= 4 is 17.4 Å². The van der Waals surface area contributed by atoms with Crippen molar-refractivity contribution in [2.24, 2.45) is 5.92 Å². The van der Waals surface area contributed by atoms with Crippen molar-refractivity contribution in [3.05, 3.63) is 72.3 Å². The number of carbonyl (C=O) groups excluding carboxylic acids is 1. The van der Waals surface area contributed by atoms with Crippen molar-refractivity contribution < 1.29 is 9.53 Å². The number of amides is 1. The fourth-order valence-corrected chi connectivity index (χ4v) is 2.79. The maximum atomic E-state index is 12.3. The van der Waals surface area contributed by atoms with Crippen LogP contribution in [0.1, 0.15) is 10.4 Å². The molecule has 1 aliphatic rings. The highest BCUT2D eigenvalue weighted by atomic mass is 16.5. The van der Waals surface area contributed by atoms with E-state index in [1.165, 1.54) is 0 Å². The van der Waals surface area contributed by atoms with Crippen LogP contribution in [0.15, 0.2) is 66.7 Å². The van der Waals surface area contributed by atoms with E-state index in [-0.39, 0.29) is 5.91 Å². The normalized spacial score (nSPS) is 13.6. The highest BCUT2D eigenvalue weighted by Gasteiger charge is 2.19. The van der Waals surface area contributed by atoms with Gasteiger partial charge in [0.2, 0.25) is 0 Å². The predicted octanol–water partition coefficient (Wildman–Crippen LogP) is 3.26. The Morgan fingerprint density at radius 3 is 2.56 bits per heavy atom. The van der Waals surface area contributed by atoms with Crippen molar-refractivity contribution in [1.82, 2.24) is 15.5 Å². The van der Waals surface area contributed by atoms with E-state index in [4.69, 9.17) is 4.74 Å². The molecule has 2 heterocycles. The second kappa shape index (κ2) is 7.97. The molecule has 1 amide bonds. The molecule has 1 fully saturated rings. The van der Waals surface area contributed by atoms with E-state index in [0.717, 1.165) is 30.2 Å². The van der Waals surface area contributed by atoms with Crippen LogP contribution >= 0.6 is 0 Å². The van der Waals surface area contributed by atoms with Crippen molar-refractivity contribution in [2.45, 2.75) is 0 Å². The molecule has 0 unspecified atom stereocenters. The minimum absolute atomic E-state index is 0.0870. The average Bonchev–Trinajstić information content (AvgIpc) is 2.68. The Morgan fingerprint density at radius 1 is 1.00 bits per heavy atom. The molecule has 27 heavy (non-hydrogen) atoms. The predicted molar refractivity (Wildman–Crippen MR) is 104 cm³/mol. The van der Waals surface area contributed by atoms with Crippen LogP contribution in [0.3, 0.4) is 0 Å². The molecule has 2 N–H and O–H groups in total. The Kier molecular flexibility index (Phi) is 5.07. The van der Waals surface area contributed by atoms with Crippen LogP contribution in [0.25, 0.3) is 11.3 Å². The number of carbonyl (C=O) groups is 1. The molecule has 1 aromatic heterocycles. The van der Waals surface area contributed by atoms with Gasteiger partial charge in [0, 0.05) is 29.3 Å². The van der Waals surface area contributed by atoms with Gasteiger partial charge >= 0.3 is 0 Å². The van der Waals surface area contributed by atoms with E-state index in [0.29, 0.717) is 23.8 Å². The van der Waals surface area contributed by atoms with Crippen molar-refractivity contribution in [2.75, 3.05) is 25.1 Å². The number of anilines is 2. The monoisotopic (exact) mass is 360 g/mol. The zero-order valence-electron chi connectivity index (χ0n) is 14.8. The van der Waals surface area contributed by atoms with Crippen molar-refractivity contribution in [3.8, 4) is 11.3 Å². The lowest BCUT2D eigenvalue weighted by molar-refractivity contribution is -0.0298. The number of hydrogen-bond donors (Lipinski definition) is 2. The Morgan fingerprint density at radius 2 is 1.85 bits per heavy atom. The molecular formula is C21H20N4O2. The molecule has 1 saturated heterocycles. The Bertz CT molecular complexity index is 909. The van der Waals surface area contributed by atoms with E-state index in [1.54, 1.807) is 12.1 Å².